The standard InChI is InChI=1S/C11H24NO4P/c1-10(2,3)17(14,16-8)12(6)11(4,5)9(13)15-7/h1-8H3. The van der Waals surface area contributed by atoms with Gasteiger partial charge in [-0.3, -0.25) is 9.36 Å². The summed E-state index contributed by atoms with van der Waals surface area (Å²) in [6.45, 7) is 8.79. The fourth-order valence-corrected chi connectivity index (χ4v) is 3.99. The Bertz CT molecular complexity index is 333. The van der Waals surface area contributed by atoms with Crippen LogP contribution < -0.4 is 0 Å². The average molecular weight is 265 g/mol. The van der Waals surface area contributed by atoms with Gasteiger partial charge in [-0.25, -0.2) is 4.67 Å². The second-order valence-corrected chi connectivity index (χ2v) is 8.80. The Morgan fingerprint density at radius 1 is 1.12 bits per heavy atom. The van der Waals surface area contributed by atoms with Crippen molar-refractivity contribution in [3.8, 4) is 0 Å². The number of esters is 1. The summed E-state index contributed by atoms with van der Waals surface area (Å²) in [5, 5.41) is -0.582. The Morgan fingerprint density at radius 2 is 1.53 bits per heavy atom. The van der Waals surface area contributed by atoms with Crippen molar-refractivity contribution in [2.75, 3.05) is 21.3 Å². The minimum Gasteiger partial charge on any atom is -0.468 e. The Morgan fingerprint density at radius 3 is 1.76 bits per heavy atom. The van der Waals surface area contributed by atoms with Gasteiger partial charge in [0.15, 0.2) is 0 Å². The Kier molecular flexibility index (Phi) is 4.97. The number of likely N-dealkylation sites (N-methyl/N-ethyl adjacent to an activating group) is 1. The Labute approximate surface area is 104 Å². The smallest absolute Gasteiger partial charge is 0.326 e. The van der Waals surface area contributed by atoms with E-state index in [1.54, 1.807) is 20.9 Å². The molecule has 0 saturated heterocycles. The van der Waals surface area contributed by atoms with E-state index >= 15 is 0 Å². The van der Waals surface area contributed by atoms with Gasteiger partial charge in [-0.2, -0.15) is 0 Å². The first kappa shape index (κ1) is 16.6. The molecule has 0 radical (unpaired) electrons. The molecule has 0 heterocycles. The summed E-state index contributed by atoms with van der Waals surface area (Å²) in [4.78, 5) is 11.7. The lowest BCUT2D eigenvalue weighted by Crippen LogP contribution is -2.49. The zero-order chi connectivity index (χ0) is 14.1. The highest BCUT2D eigenvalue weighted by molar-refractivity contribution is 7.58. The van der Waals surface area contributed by atoms with Gasteiger partial charge in [0.2, 0.25) is 0 Å². The maximum atomic E-state index is 12.9. The summed E-state index contributed by atoms with van der Waals surface area (Å²) in [7, 11) is 1.20. The number of hydrogen-bond acceptors (Lipinski definition) is 4. The monoisotopic (exact) mass is 265 g/mol. The van der Waals surface area contributed by atoms with E-state index in [9.17, 15) is 9.36 Å². The number of rotatable bonds is 4. The minimum atomic E-state index is -3.13. The van der Waals surface area contributed by atoms with Crippen LogP contribution >= 0.6 is 7.52 Å². The number of methoxy groups -OCH3 is 1. The molecule has 0 aromatic carbocycles. The lowest BCUT2D eigenvalue weighted by molar-refractivity contribution is -0.150. The first-order valence-corrected chi connectivity index (χ1v) is 7.01. The van der Waals surface area contributed by atoms with E-state index in [4.69, 9.17) is 9.26 Å². The van der Waals surface area contributed by atoms with Crippen LogP contribution in [0.25, 0.3) is 0 Å². The lowest BCUT2D eigenvalue weighted by atomic mass is 10.1. The second-order valence-electron chi connectivity index (χ2n) is 5.45. The highest BCUT2D eigenvalue weighted by atomic mass is 31.2. The van der Waals surface area contributed by atoms with Crippen molar-refractivity contribution in [3.05, 3.63) is 0 Å². The molecule has 0 aliphatic carbocycles. The summed E-state index contributed by atoms with van der Waals surface area (Å²) in [5.41, 5.74) is -1.01. The van der Waals surface area contributed by atoms with E-state index < -0.39 is 24.2 Å². The molecule has 0 aliphatic heterocycles. The zero-order valence-electron chi connectivity index (χ0n) is 12.0. The number of hydrogen-bond donors (Lipinski definition) is 0. The van der Waals surface area contributed by atoms with Gasteiger partial charge in [-0.15, -0.1) is 0 Å². The number of nitrogens with zero attached hydrogens (tertiary/aromatic N) is 1. The van der Waals surface area contributed by atoms with Crippen molar-refractivity contribution in [2.24, 2.45) is 0 Å². The fourth-order valence-electron chi connectivity index (χ4n) is 1.56. The van der Waals surface area contributed by atoms with Crippen molar-refractivity contribution >= 4 is 13.5 Å². The van der Waals surface area contributed by atoms with Crippen LogP contribution in [0.15, 0.2) is 0 Å². The molecule has 17 heavy (non-hydrogen) atoms. The van der Waals surface area contributed by atoms with E-state index in [2.05, 4.69) is 0 Å². The summed E-state index contributed by atoms with van der Waals surface area (Å²) in [5.74, 6) is -0.443. The number of ether oxygens (including phenoxy) is 1. The maximum absolute atomic E-state index is 12.9. The van der Waals surface area contributed by atoms with Crippen LogP contribution in [-0.2, 0) is 18.6 Å². The molecule has 1 unspecified atom stereocenters. The van der Waals surface area contributed by atoms with Crippen LogP contribution in [0.2, 0.25) is 0 Å². The normalized spacial score (nSPS) is 16.8. The molecular weight excluding hydrogens is 241 g/mol. The number of carbonyl (C=O) groups excluding carboxylic acids is 1. The van der Waals surface area contributed by atoms with Crippen molar-refractivity contribution < 1.29 is 18.6 Å². The largest absolute Gasteiger partial charge is 0.468 e. The van der Waals surface area contributed by atoms with Crippen molar-refractivity contribution in [2.45, 2.75) is 45.3 Å². The van der Waals surface area contributed by atoms with Crippen LogP contribution in [0, 0.1) is 0 Å². The van der Waals surface area contributed by atoms with Gasteiger partial charge in [0, 0.05) is 7.11 Å². The first-order valence-electron chi connectivity index (χ1n) is 5.43. The van der Waals surface area contributed by atoms with Crippen molar-refractivity contribution in [1.82, 2.24) is 4.67 Å². The molecule has 5 nitrogen and oxygen atoms in total. The molecule has 0 fully saturated rings. The molecule has 0 saturated carbocycles. The third kappa shape index (κ3) is 2.90. The summed E-state index contributed by atoms with van der Waals surface area (Å²) < 4.78 is 24.3. The topological polar surface area (TPSA) is 55.8 Å². The van der Waals surface area contributed by atoms with Crippen LogP contribution in [0.1, 0.15) is 34.6 Å². The predicted octanol–water partition coefficient (Wildman–Crippen LogP) is 2.51. The Balaban J connectivity index is 5.49. The average Bonchev–Trinajstić information content (AvgIpc) is 2.23. The van der Waals surface area contributed by atoms with E-state index in [-0.39, 0.29) is 0 Å². The minimum absolute atomic E-state index is 0.443. The van der Waals surface area contributed by atoms with Crippen LogP contribution in [0.4, 0.5) is 0 Å². The van der Waals surface area contributed by atoms with Crippen molar-refractivity contribution in [1.29, 1.82) is 0 Å². The molecule has 0 aromatic rings. The highest BCUT2D eigenvalue weighted by Crippen LogP contribution is 2.62. The number of carbonyl (C=O) groups is 1. The molecule has 6 heteroatoms. The van der Waals surface area contributed by atoms with E-state index in [0.29, 0.717) is 0 Å². The van der Waals surface area contributed by atoms with Gasteiger partial charge < -0.3 is 9.26 Å². The lowest BCUT2D eigenvalue weighted by Gasteiger charge is -2.42. The van der Waals surface area contributed by atoms with Gasteiger partial charge in [-0.05, 0) is 41.7 Å². The molecule has 0 amide bonds. The van der Waals surface area contributed by atoms with E-state index in [1.807, 2.05) is 20.8 Å². The second kappa shape index (κ2) is 5.09. The third-order valence-corrected chi connectivity index (χ3v) is 6.46. The fraction of sp³-hybridized carbons (Fsp3) is 0.909. The third-order valence-electron chi connectivity index (χ3n) is 2.98. The molecule has 0 aliphatic rings. The van der Waals surface area contributed by atoms with Crippen LogP contribution in [0.3, 0.4) is 0 Å². The van der Waals surface area contributed by atoms with Gasteiger partial charge in [0.1, 0.15) is 5.54 Å². The molecule has 1 atom stereocenters. The van der Waals surface area contributed by atoms with Gasteiger partial charge >= 0.3 is 5.97 Å². The molecule has 0 rings (SSSR count). The molecular formula is C11H24NO4P. The van der Waals surface area contributed by atoms with Gasteiger partial charge in [0.25, 0.3) is 7.52 Å². The van der Waals surface area contributed by atoms with Crippen LogP contribution in [0.5, 0.6) is 0 Å². The first-order chi connectivity index (χ1) is 7.45. The molecule has 102 valence electrons. The quantitative estimate of drug-likeness (QED) is 0.577. The Hall–Kier alpha value is -0.380. The predicted molar refractivity (Wildman–Crippen MR) is 68.2 cm³/mol. The summed E-state index contributed by atoms with van der Waals surface area (Å²) in [6.07, 6.45) is 0. The SMILES string of the molecule is COC(=O)C(C)(C)N(C)P(=O)(OC)C(C)(C)C. The van der Waals surface area contributed by atoms with Gasteiger partial charge in [0.05, 0.1) is 12.3 Å². The zero-order valence-corrected chi connectivity index (χ0v) is 12.9. The van der Waals surface area contributed by atoms with E-state index in [1.165, 1.54) is 18.9 Å². The van der Waals surface area contributed by atoms with Gasteiger partial charge in [-0.1, -0.05) is 0 Å². The van der Waals surface area contributed by atoms with Crippen LogP contribution in [-0.4, -0.2) is 42.6 Å². The molecule has 0 aromatic heterocycles. The molecule has 0 bridgehead atoms. The molecule has 0 N–H and O–H groups in total. The highest BCUT2D eigenvalue weighted by Gasteiger charge is 2.49. The van der Waals surface area contributed by atoms with E-state index in [0.717, 1.165) is 0 Å². The van der Waals surface area contributed by atoms with Crippen molar-refractivity contribution in [3.63, 3.8) is 0 Å². The summed E-state index contributed by atoms with van der Waals surface area (Å²) >= 11 is 0. The maximum Gasteiger partial charge on any atom is 0.326 e. The molecule has 0 spiro atoms. The summed E-state index contributed by atoms with van der Waals surface area (Å²) in [6, 6.07) is 0.